The van der Waals surface area contributed by atoms with Crippen LogP contribution in [0.1, 0.15) is 12.7 Å². The predicted molar refractivity (Wildman–Crippen MR) is 59.2 cm³/mol. The molecule has 0 aromatic carbocycles. The maximum absolute atomic E-state index is 11.3. The number of nitrogens with zero attached hydrogens (tertiary/aromatic N) is 1. The van der Waals surface area contributed by atoms with Gasteiger partial charge in [0.1, 0.15) is 5.76 Å². The molecule has 92 valence electrons. The van der Waals surface area contributed by atoms with Crippen LogP contribution in [-0.2, 0) is 9.53 Å². The molecular weight excluding hydrogens is 226 g/mol. The van der Waals surface area contributed by atoms with Gasteiger partial charge in [0.05, 0.1) is 12.9 Å². The van der Waals surface area contributed by atoms with Gasteiger partial charge in [-0.3, -0.25) is 15.4 Å². The molecule has 0 aliphatic rings. The van der Waals surface area contributed by atoms with E-state index in [1.807, 2.05) is 0 Å². The number of imide groups is 1. The van der Waals surface area contributed by atoms with Crippen molar-refractivity contribution >= 4 is 17.8 Å². The van der Waals surface area contributed by atoms with Gasteiger partial charge in [-0.05, 0) is 13.8 Å². The number of hydrogen-bond acceptors (Lipinski definition) is 5. The molecule has 0 saturated carbocycles. The Morgan fingerprint density at radius 1 is 1.59 bits per heavy atom. The first kappa shape index (κ1) is 12.8. The lowest BCUT2D eigenvalue weighted by Gasteiger charge is -2.00. The van der Waals surface area contributed by atoms with E-state index in [1.54, 1.807) is 13.8 Å². The molecule has 2 N–H and O–H groups in total. The molecule has 0 unspecified atom stereocenters. The Morgan fingerprint density at radius 2 is 2.35 bits per heavy atom. The van der Waals surface area contributed by atoms with Crippen LogP contribution < -0.4 is 10.6 Å². The normalized spacial score (nSPS) is 10.2. The minimum atomic E-state index is -0.690. The molecular formula is C10H13N3O4. The van der Waals surface area contributed by atoms with Crippen molar-refractivity contribution in [1.29, 1.82) is 0 Å². The predicted octanol–water partition coefficient (Wildman–Crippen LogP) is 1.18. The van der Waals surface area contributed by atoms with Gasteiger partial charge in [-0.1, -0.05) is 5.16 Å². The monoisotopic (exact) mass is 239 g/mol. The van der Waals surface area contributed by atoms with Crippen LogP contribution in [-0.4, -0.2) is 23.7 Å². The standard InChI is InChI=1S/C10H13N3O4/c1-3-16-5-4-9(14)12-10(15)11-8-6-7(2)17-13-8/h4-6H,3H2,1-2H3,(H2,11,12,13,14,15)/b5-4+. The number of anilines is 1. The average Bonchev–Trinajstić information content (AvgIpc) is 2.64. The van der Waals surface area contributed by atoms with Crippen LogP contribution in [0.3, 0.4) is 0 Å². The number of ether oxygens (including phenoxy) is 1. The highest BCUT2D eigenvalue weighted by atomic mass is 16.5. The summed E-state index contributed by atoms with van der Waals surface area (Å²) in [6.07, 6.45) is 2.32. The zero-order chi connectivity index (χ0) is 12.7. The number of hydrogen-bond donors (Lipinski definition) is 2. The van der Waals surface area contributed by atoms with Crippen LogP contribution in [0.4, 0.5) is 10.6 Å². The Balaban J connectivity index is 2.37. The van der Waals surface area contributed by atoms with Gasteiger partial charge >= 0.3 is 6.03 Å². The molecule has 1 rings (SSSR count). The summed E-state index contributed by atoms with van der Waals surface area (Å²) in [7, 11) is 0. The summed E-state index contributed by atoms with van der Waals surface area (Å²) >= 11 is 0. The highest BCUT2D eigenvalue weighted by Crippen LogP contribution is 2.06. The van der Waals surface area contributed by atoms with Crippen molar-refractivity contribution in [1.82, 2.24) is 10.5 Å². The number of carbonyl (C=O) groups excluding carboxylic acids is 2. The van der Waals surface area contributed by atoms with Crippen LogP contribution in [0.15, 0.2) is 22.9 Å². The van der Waals surface area contributed by atoms with Crippen LogP contribution in [0.2, 0.25) is 0 Å². The highest BCUT2D eigenvalue weighted by molar-refractivity contribution is 6.04. The van der Waals surface area contributed by atoms with E-state index in [-0.39, 0.29) is 5.82 Å². The van der Waals surface area contributed by atoms with Crippen LogP contribution in [0, 0.1) is 6.92 Å². The molecule has 1 heterocycles. The average molecular weight is 239 g/mol. The van der Waals surface area contributed by atoms with Gasteiger partial charge in [-0.25, -0.2) is 4.79 Å². The third kappa shape index (κ3) is 4.83. The zero-order valence-electron chi connectivity index (χ0n) is 9.52. The summed E-state index contributed by atoms with van der Waals surface area (Å²) in [5.74, 6) is 0.209. The van der Waals surface area contributed by atoms with E-state index in [0.29, 0.717) is 12.4 Å². The van der Waals surface area contributed by atoms with E-state index >= 15 is 0 Å². The van der Waals surface area contributed by atoms with Crippen molar-refractivity contribution in [2.24, 2.45) is 0 Å². The van der Waals surface area contributed by atoms with Gasteiger partial charge in [-0.15, -0.1) is 0 Å². The van der Waals surface area contributed by atoms with E-state index < -0.39 is 11.9 Å². The smallest absolute Gasteiger partial charge is 0.327 e. The first-order chi connectivity index (χ1) is 8.11. The molecule has 3 amide bonds. The fourth-order valence-electron chi connectivity index (χ4n) is 0.933. The second-order valence-electron chi connectivity index (χ2n) is 3.02. The Hall–Kier alpha value is -2.31. The Morgan fingerprint density at radius 3 is 2.94 bits per heavy atom. The summed E-state index contributed by atoms with van der Waals surface area (Å²) in [4.78, 5) is 22.4. The highest BCUT2D eigenvalue weighted by Gasteiger charge is 2.07. The topological polar surface area (TPSA) is 93.5 Å². The lowest BCUT2D eigenvalue weighted by molar-refractivity contribution is -0.115. The van der Waals surface area contributed by atoms with Crippen LogP contribution in [0.5, 0.6) is 0 Å². The van der Waals surface area contributed by atoms with Crippen molar-refractivity contribution in [3.63, 3.8) is 0 Å². The molecule has 7 nitrogen and oxygen atoms in total. The van der Waals surface area contributed by atoms with Gasteiger partial charge in [0.15, 0.2) is 5.82 Å². The van der Waals surface area contributed by atoms with Crippen molar-refractivity contribution in [2.75, 3.05) is 11.9 Å². The van der Waals surface area contributed by atoms with Gasteiger partial charge in [0, 0.05) is 12.1 Å². The number of carbonyl (C=O) groups is 2. The number of nitrogens with one attached hydrogen (secondary N) is 2. The summed E-state index contributed by atoms with van der Waals surface area (Å²) in [6.45, 7) is 3.92. The maximum Gasteiger partial charge on any atom is 0.327 e. The first-order valence-corrected chi connectivity index (χ1v) is 4.95. The van der Waals surface area contributed by atoms with Crippen molar-refractivity contribution in [2.45, 2.75) is 13.8 Å². The van der Waals surface area contributed by atoms with E-state index in [2.05, 4.69) is 15.8 Å². The number of aryl methyl sites for hydroxylation is 1. The number of rotatable bonds is 4. The molecule has 17 heavy (non-hydrogen) atoms. The fourth-order valence-corrected chi connectivity index (χ4v) is 0.933. The maximum atomic E-state index is 11.3. The minimum absolute atomic E-state index is 0.238. The number of urea groups is 1. The quantitative estimate of drug-likeness (QED) is 0.607. The number of amides is 3. The molecule has 0 aliphatic carbocycles. The summed E-state index contributed by atoms with van der Waals surface area (Å²) in [5, 5.41) is 7.93. The van der Waals surface area contributed by atoms with Crippen LogP contribution in [0.25, 0.3) is 0 Å². The molecule has 7 heteroatoms. The molecule has 0 bridgehead atoms. The van der Waals surface area contributed by atoms with Crippen molar-refractivity contribution in [3.8, 4) is 0 Å². The van der Waals surface area contributed by atoms with E-state index in [4.69, 9.17) is 9.26 Å². The lowest BCUT2D eigenvalue weighted by atomic mass is 10.5. The second kappa shape index (κ2) is 6.31. The summed E-state index contributed by atoms with van der Waals surface area (Å²) < 4.78 is 9.55. The Kier molecular flexibility index (Phi) is 4.74. The van der Waals surface area contributed by atoms with E-state index in [0.717, 1.165) is 6.08 Å². The molecule has 0 saturated heterocycles. The van der Waals surface area contributed by atoms with Crippen molar-refractivity contribution < 1.29 is 18.8 Å². The van der Waals surface area contributed by atoms with Gasteiger partial charge in [0.2, 0.25) is 0 Å². The summed E-state index contributed by atoms with van der Waals surface area (Å²) in [6, 6.07) is 0.838. The van der Waals surface area contributed by atoms with E-state index in [9.17, 15) is 9.59 Å². The molecule has 0 atom stereocenters. The number of aromatic nitrogens is 1. The Labute approximate surface area is 97.8 Å². The third-order valence-corrected chi connectivity index (χ3v) is 1.59. The molecule has 1 aromatic rings. The van der Waals surface area contributed by atoms with Gasteiger partial charge in [0.25, 0.3) is 5.91 Å². The molecule has 0 fully saturated rings. The second-order valence-corrected chi connectivity index (χ2v) is 3.02. The van der Waals surface area contributed by atoms with Crippen LogP contribution >= 0.6 is 0 Å². The van der Waals surface area contributed by atoms with Crippen molar-refractivity contribution in [3.05, 3.63) is 24.2 Å². The fraction of sp³-hybridized carbons (Fsp3) is 0.300. The lowest BCUT2D eigenvalue weighted by Crippen LogP contribution is -2.33. The molecule has 0 spiro atoms. The summed E-state index contributed by atoms with van der Waals surface area (Å²) in [5.41, 5.74) is 0. The largest absolute Gasteiger partial charge is 0.501 e. The molecule has 1 aromatic heterocycles. The SMILES string of the molecule is CCO/C=C/C(=O)NC(=O)Nc1cc(C)on1. The molecule has 0 radical (unpaired) electrons. The molecule has 0 aliphatic heterocycles. The zero-order valence-corrected chi connectivity index (χ0v) is 9.52. The third-order valence-electron chi connectivity index (χ3n) is 1.59. The minimum Gasteiger partial charge on any atom is -0.501 e. The Bertz CT molecular complexity index is 425. The van der Waals surface area contributed by atoms with E-state index in [1.165, 1.54) is 12.3 Å². The first-order valence-electron chi connectivity index (χ1n) is 4.95. The van der Waals surface area contributed by atoms with Gasteiger partial charge in [-0.2, -0.15) is 0 Å². The van der Waals surface area contributed by atoms with Gasteiger partial charge < -0.3 is 9.26 Å².